The van der Waals surface area contributed by atoms with Crippen molar-refractivity contribution in [3.63, 3.8) is 0 Å². The highest BCUT2D eigenvalue weighted by atomic mass is 16.5. The quantitative estimate of drug-likeness (QED) is 0.200. The molecule has 0 aliphatic rings. The predicted molar refractivity (Wildman–Crippen MR) is 113 cm³/mol. The first-order valence-electron chi connectivity index (χ1n) is 9.28. The summed E-state index contributed by atoms with van der Waals surface area (Å²) in [6.45, 7) is 5.89. The lowest BCUT2D eigenvalue weighted by Gasteiger charge is -2.05. The average Bonchev–Trinajstić information content (AvgIpc) is 2.75. The van der Waals surface area contributed by atoms with E-state index < -0.39 is 11.9 Å². The summed E-state index contributed by atoms with van der Waals surface area (Å²) < 4.78 is 10.0. The number of hydrogen-bond acceptors (Lipinski definition) is 6. The van der Waals surface area contributed by atoms with Gasteiger partial charge in [-0.05, 0) is 43.0 Å². The molecule has 0 radical (unpaired) electrons. The van der Waals surface area contributed by atoms with Gasteiger partial charge in [-0.15, -0.1) is 0 Å². The van der Waals surface area contributed by atoms with Gasteiger partial charge in [-0.1, -0.05) is 48.5 Å². The molecule has 0 saturated heterocycles. The molecular formula is C23H24N2O4. The van der Waals surface area contributed by atoms with Crippen LogP contribution in [-0.2, 0) is 14.3 Å². The van der Waals surface area contributed by atoms with Gasteiger partial charge >= 0.3 is 11.9 Å². The minimum Gasteiger partial charge on any atom is -0.463 e. The zero-order valence-electron chi connectivity index (χ0n) is 16.4. The van der Waals surface area contributed by atoms with Crippen LogP contribution in [0.1, 0.15) is 39.9 Å². The van der Waals surface area contributed by atoms with Gasteiger partial charge in [0.25, 0.3) is 0 Å². The maximum Gasteiger partial charge on any atom is 0.338 e. The highest BCUT2D eigenvalue weighted by Gasteiger charge is 2.06. The first-order chi connectivity index (χ1) is 14.1. The van der Waals surface area contributed by atoms with Crippen LogP contribution < -0.4 is 0 Å². The molecule has 0 aliphatic carbocycles. The van der Waals surface area contributed by atoms with E-state index in [0.29, 0.717) is 18.4 Å². The van der Waals surface area contributed by atoms with Crippen LogP contribution in [0, 0.1) is 6.92 Å². The molecule has 6 nitrogen and oxygen atoms in total. The van der Waals surface area contributed by atoms with Crippen LogP contribution in [0.3, 0.4) is 0 Å². The molecule has 2 rings (SSSR count). The Balaban J connectivity index is 1.72. The summed E-state index contributed by atoms with van der Waals surface area (Å²) in [6, 6.07) is 14.9. The Kier molecular flexibility index (Phi) is 9.02. The van der Waals surface area contributed by atoms with Crippen LogP contribution in [0.25, 0.3) is 0 Å². The minimum atomic E-state index is -0.452. The third-order valence-electron chi connectivity index (χ3n) is 3.89. The van der Waals surface area contributed by atoms with E-state index in [1.165, 1.54) is 5.56 Å². The molecule has 0 spiro atoms. The maximum absolute atomic E-state index is 12.0. The molecule has 2 aromatic carbocycles. The first kappa shape index (κ1) is 21.8. The highest BCUT2D eigenvalue weighted by Crippen LogP contribution is 2.06. The number of benzene rings is 2. The molecule has 0 fully saturated rings. The largest absolute Gasteiger partial charge is 0.463 e. The van der Waals surface area contributed by atoms with Crippen LogP contribution in [-0.4, -0.2) is 37.6 Å². The Bertz CT molecular complexity index is 869. The highest BCUT2D eigenvalue weighted by molar-refractivity contribution is 5.91. The molecule has 0 aliphatic heterocycles. The summed E-state index contributed by atoms with van der Waals surface area (Å²) in [5.41, 5.74) is 3.46. The zero-order chi connectivity index (χ0) is 20.9. The Morgan fingerprint density at radius 1 is 0.862 bits per heavy atom. The first-order valence-corrected chi connectivity index (χ1v) is 9.28. The lowest BCUT2D eigenvalue weighted by molar-refractivity contribution is -0.137. The molecule has 0 saturated carbocycles. The van der Waals surface area contributed by atoms with Gasteiger partial charge in [-0.25, -0.2) is 9.59 Å². The summed E-state index contributed by atoms with van der Waals surface area (Å²) in [4.78, 5) is 22.9. The van der Waals surface area contributed by atoms with Gasteiger partial charge in [0.05, 0.1) is 31.2 Å². The van der Waals surface area contributed by atoms with Gasteiger partial charge in [-0.2, -0.15) is 10.2 Å². The van der Waals surface area contributed by atoms with E-state index in [1.807, 2.05) is 31.2 Å². The molecule has 0 atom stereocenters. The molecule has 2 aromatic rings. The van der Waals surface area contributed by atoms with Gasteiger partial charge in [0.2, 0.25) is 0 Å². The summed E-state index contributed by atoms with van der Waals surface area (Å²) in [5.74, 6) is -0.847. The Morgan fingerprint density at radius 2 is 1.38 bits per heavy atom. The van der Waals surface area contributed by atoms with Crippen LogP contribution >= 0.6 is 0 Å². The number of ether oxygens (including phenoxy) is 2. The third-order valence-corrected chi connectivity index (χ3v) is 3.89. The Labute approximate surface area is 170 Å². The zero-order valence-corrected chi connectivity index (χ0v) is 16.4. The normalized spacial score (nSPS) is 10.9. The van der Waals surface area contributed by atoms with Crippen molar-refractivity contribution in [2.45, 2.75) is 19.8 Å². The molecule has 0 bridgehead atoms. The van der Waals surface area contributed by atoms with Crippen molar-refractivity contribution in [2.24, 2.45) is 10.2 Å². The van der Waals surface area contributed by atoms with E-state index in [9.17, 15) is 9.59 Å². The van der Waals surface area contributed by atoms with Gasteiger partial charge in [-0.3, -0.25) is 0 Å². The minimum absolute atomic E-state index is 0.265. The second-order valence-corrected chi connectivity index (χ2v) is 6.24. The Morgan fingerprint density at radius 3 is 1.93 bits per heavy atom. The van der Waals surface area contributed by atoms with Crippen molar-refractivity contribution < 1.29 is 19.1 Å². The monoisotopic (exact) mass is 392 g/mol. The van der Waals surface area contributed by atoms with Gasteiger partial charge in [0.15, 0.2) is 0 Å². The number of aryl methyl sites for hydroxylation is 1. The van der Waals surface area contributed by atoms with Crippen molar-refractivity contribution in [1.29, 1.82) is 0 Å². The number of rotatable bonds is 10. The van der Waals surface area contributed by atoms with Crippen LogP contribution in [0.5, 0.6) is 0 Å². The average molecular weight is 392 g/mol. The van der Waals surface area contributed by atoms with Crippen molar-refractivity contribution >= 4 is 24.4 Å². The summed E-state index contributed by atoms with van der Waals surface area (Å²) in [5, 5.41) is 8.04. The van der Waals surface area contributed by atoms with Crippen LogP contribution in [0.4, 0.5) is 0 Å². The summed E-state index contributed by atoms with van der Waals surface area (Å²) >= 11 is 0. The fourth-order valence-electron chi connectivity index (χ4n) is 2.24. The molecule has 0 aromatic heterocycles. The molecule has 0 heterocycles. The molecule has 150 valence electrons. The third kappa shape index (κ3) is 8.34. The number of hydrogen-bond donors (Lipinski definition) is 0. The second kappa shape index (κ2) is 12.0. The molecule has 0 N–H and O–H groups in total. The number of carbonyl (C=O) groups excluding carboxylic acids is 2. The number of unbranched alkanes of at least 4 members (excludes halogenated alkanes) is 1. The van der Waals surface area contributed by atoms with E-state index in [-0.39, 0.29) is 13.2 Å². The van der Waals surface area contributed by atoms with Gasteiger partial charge in [0.1, 0.15) is 0 Å². The van der Waals surface area contributed by atoms with Gasteiger partial charge in [0, 0.05) is 6.08 Å². The van der Waals surface area contributed by atoms with Crippen molar-refractivity contribution in [3.8, 4) is 0 Å². The van der Waals surface area contributed by atoms with E-state index in [4.69, 9.17) is 9.47 Å². The van der Waals surface area contributed by atoms with E-state index in [1.54, 1.807) is 36.7 Å². The van der Waals surface area contributed by atoms with E-state index in [2.05, 4.69) is 16.8 Å². The molecule has 29 heavy (non-hydrogen) atoms. The summed E-state index contributed by atoms with van der Waals surface area (Å²) in [7, 11) is 0. The lowest BCUT2D eigenvalue weighted by atomic mass is 10.1. The SMILES string of the molecule is C=CC(=O)OCCCCOC(=O)c1ccc(/C=N/N=C/c2ccc(C)cc2)cc1. The van der Waals surface area contributed by atoms with Crippen LogP contribution in [0.15, 0.2) is 71.4 Å². The Hall–Kier alpha value is -3.54. The fourth-order valence-corrected chi connectivity index (χ4v) is 2.24. The smallest absolute Gasteiger partial charge is 0.338 e. The maximum atomic E-state index is 12.0. The van der Waals surface area contributed by atoms with Crippen molar-refractivity contribution in [3.05, 3.63) is 83.4 Å². The lowest BCUT2D eigenvalue weighted by Crippen LogP contribution is -2.08. The topological polar surface area (TPSA) is 77.3 Å². The fraction of sp³-hybridized carbons (Fsp3) is 0.217. The molecule has 6 heteroatoms. The molecule has 0 unspecified atom stereocenters. The number of carbonyl (C=O) groups is 2. The van der Waals surface area contributed by atoms with Crippen LogP contribution in [0.2, 0.25) is 0 Å². The predicted octanol–water partition coefficient (Wildman–Crippen LogP) is 4.11. The molecule has 0 amide bonds. The van der Waals surface area contributed by atoms with Gasteiger partial charge < -0.3 is 9.47 Å². The van der Waals surface area contributed by atoms with Crippen molar-refractivity contribution in [2.75, 3.05) is 13.2 Å². The number of nitrogens with zero attached hydrogens (tertiary/aromatic N) is 2. The van der Waals surface area contributed by atoms with E-state index in [0.717, 1.165) is 17.2 Å². The van der Waals surface area contributed by atoms with Crippen molar-refractivity contribution in [1.82, 2.24) is 0 Å². The standard InChI is InChI=1S/C23H24N2O4/c1-3-22(26)28-14-4-5-15-29-23(27)21-12-10-20(11-13-21)17-25-24-16-19-8-6-18(2)7-9-19/h3,6-13,16-17H,1,4-5,14-15H2,2H3/b24-16+,25-17+. The number of esters is 2. The molecular weight excluding hydrogens is 368 g/mol. The second-order valence-electron chi connectivity index (χ2n) is 6.24. The summed E-state index contributed by atoms with van der Waals surface area (Å²) in [6.07, 6.45) is 5.64. The van der Waals surface area contributed by atoms with E-state index >= 15 is 0 Å².